The molecule has 0 aliphatic carbocycles. The first-order valence-electron chi connectivity index (χ1n) is 11.2. The first-order chi connectivity index (χ1) is 15.8. The Kier molecular flexibility index (Phi) is 9.21. The zero-order valence-corrected chi connectivity index (χ0v) is 21.4. The molecule has 0 aliphatic heterocycles. The second-order valence-corrected chi connectivity index (χ2v) is 10.9. The molecule has 0 bridgehead atoms. The van der Waals surface area contributed by atoms with Crippen LogP contribution in [0.5, 0.6) is 0 Å². The van der Waals surface area contributed by atoms with Gasteiger partial charge in [0.05, 0.1) is 11.9 Å². The van der Waals surface area contributed by atoms with Crippen LogP contribution in [0.15, 0.2) is 42.5 Å². The van der Waals surface area contributed by atoms with Gasteiger partial charge in [0.15, 0.2) is 0 Å². The van der Waals surface area contributed by atoms with E-state index in [1.165, 1.54) is 23.1 Å². The smallest absolute Gasteiger partial charge is 0.244 e. The van der Waals surface area contributed by atoms with Crippen LogP contribution in [0.2, 0.25) is 0 Å². The predicted molar refractivity (Wildman–Crippen MR) is 132 cm³/mol. The number of hydrogen-bond donors (Lipinski definition) is 1. The molecule has 0 spiro atoms. The highest BCUT2D eigenvalue weighted by Crippen LogP contribution is 2.24. The number of rotatable bonds is 10. The Morgan fingerprint density at radius 3 is 2.26 bits per heavy atom. The third-order valence-corrected chi connectivity index (χ3v) is 6.58. The minimum absolute atomic E-state index is 0.174. The summed E-state index contributed by atoms with van der Waals surface area (Å²) in [6.45, 7) is 8.83. The Morgan fingerprint density at radius 2 is 1.71 bits per heavy atom. The summed E-state index contributed by atoms with van der Waals surface area (Å²) < 4.78 is 40.7. The molecule has 2 aromatic rings. The first-order valence-corrected chi connectivity index (χ1v) is 13.0. The van der Waals surface area contributed by atoms with Crippen LogP contribution in [-0.2, 0) is 26.2 Å². The SMILES string of the molecule is Cc1ccc(N(CC(=O)N(Cc2ccccc2F)C(C)C(=O)NCC(C)C)S(C)(=O)=O)c(C)c1. The molecule has 186 valence electrons. The van der Waals surface area contributed by atoms with E-state index in [-0.39, 0.29) is 18.0 Å². The third-order valence-electron chi connectivity index (χ3n) is 5.45. The summed E-state index contributed by atoms with van der Waals surface area (Å²) in [5.41, 5.74) is 2.26. The zero-order valence-electron chi connectivity index (χ0n) is 20.6. The monoisotopic (exact) mass is 491 g/mol. The van der Waals surface area contributed by atoms with Crippen LogP contribution < -0.4 is 9.62 Å². The summed E-state index contributed by atoms with van der Waals surface area (Å²) in [7, 11) is -3.82. The lowest BCUT2D eigenvalue weighted by atomic mass is 10.1. The number of halogens is 1. The van der Waals surface area contributed by atoms with Crippen molar-refractivity contribution in [3.05, 3.63) is 65.0 Å². The quantitative estimate of drug-likeness (QED) is 0.552. The topological polar surface area (TPSA) is 86.8 Å². The lowest BCUT2D eigenvalue weighted by molar-refractivity contribution is -0.139. The van der Waals surface area contributed by atoms with Gasteiger partial charge in [0.2, 0.25) is 21.8 Å². The van der Waals surface area contributed by atoms with Crippen molar-refractivity contribution in [1.29, 1.82) is 0 Å². The van der Waals surface area contributed by atoms with Crippen LogP contribution in [0, 0.1) is 25.6 Å². The maximum Gasteiger partial charge on any atom is 0.244 e. The Morgan fingerprint density at radius 1 is 1.06 bits per heavy atom. The molecule has 0 fully saturated rings. The minimum atomic E-state index is -3.82. The fraction of sp³-hybridized carbons (Fsp3) is 0.440. The highest BCUT2D eigenvalue weighted by atomic mass is 32.2. The number of benzene rings is 2. The van der Waals surface area contributed by atoms with E-state index in [9.17, 15) is 22.4 Å². The van der Waals surface area contributed by atoms with Gasteiger partial charge in [-0.3, -0.25) is 13.9 Å². The molecule has 0 radical (unpaired) electrons. The first kappa shape index (κ1) is 27.3. The van der Waals surface area contributed by atoms with Crippen molar-refractivity contribution in [2.45, 2.75) is 47.2 Å². The predicted octanol–water partition coefficient (Wildman–Crippen LogP) is 3.40. The van der Waals surface area contributed by atoms with Gasteiger partial charge >= 0.3 is 0 Å². The van der Waals surface area contributed by atoms with Crippen LogP contribution in [0.3, 0.4) is 0 Å². The van der Waals surface area contributed by atoms with E-state index < -0.39 is 40.2 Å². The van der Waals surface area contributed by atoms with Gasteiger partial charge in [-0.05, 0) is 44.4 Å². The Bertz CT molecular complexity index is 1130. The van der Waals surface area contributed by atoms with E-state index in [1.807, 2.05) is 26.8 Å². The van der Waals surface area contributed by atoms with Crippen molar-refractivity contribution in [2.24, 2.45) is 5.92 Å². The summed E-state index contributed by atoms with van der Waals surface area (Å²) in [5.74, 6) is -1.31. The molecule has 7 nitrogen and oxygen atoms in total. The molecule has 0 saturated carbocycles. The Balaban J connectivity index is 2.41. The summed E-state index contributed by atoms with van der Waals surface area (Å²) in [4.78, 5) is 27.5. The summed E-state index contributed by atoms with van der Waals surface area (Å²) in [6.07, 6.45) is 1.03. The minimum Gasteiger partial charge on any atom is -0.354 e. The lowest BCUT2D eigenvalue weighted by Gasteiger charge is -2.32. The van der Waals surface area contributed by atoms with Gasteiger partial charge in [0, 0.05) is 18.7 Å². The average molecular weight is 492 g/mol. The van der Waals surface area contributed by atoms with E-state index in [0.717, 1.165) is 16.1 Å². The number of carbonyl (C=O) groups excluding carboxylic acids is 2. The molecule has 0 aromatic heterocycles. The van der Waals surface area contributed by atoms with Gasteiger partial charge in [-0.2, -0.15) is 0 Å². The number of nitrogens with zero attached hydrogens (tertiary/aromatic N) is 2. The summed E-state index contributed by atoms with van der Waals surface area (Å²) >= 11 is 0. The third kappa shape index (κ3) is 7.28. The Labute approximate surface area is 202 Å². The highest BCUT2D eigenvalue weighted by molar-refractivity contribution is 7.92. The molecule has 0 saturated heterocycles. The van der Waals surface area contributed by atoms with Gasteiger partial charge in [0.25, 0.3) is 0 Å². The van der Waals surface area contributed by atoms with E-state index in [1.54, 1.807) is 32.0 Å². The fourth-order valence-corrected chi connectivity index (χ4v) is 4.43. The van der Waals surface area contributed by atoms with Gasteiger partial charge in [-0.15, -0.1) is 0 Å². The van der Waals surface area contributed by atoms with Crippen LogP contribution >= 0.6 is 0 Å². The van der Waals surface area contributed by atoms with Gasteiger partial charge in [-0.25, -0.2) is 12.8 Å². The lowest BCUT2D eigenvalue weighted by Crippen LogP contribution is -2.51. The summed E-state index contributed by atoms with van der Waals surface area (Å²) in [5, 5.41) is 2.79. The maximum absolute atomic E-state index is 14.4. The molecule has 1 unspecified atom stereocenters. The molecule has 0 heterocycles. The van der Waals surface area contributed by atoms with Crippen LogP contribution in [0.4, 0.5) is 10.1 Å². The molecule has 2 aromatic carbocycles. The molecule has 34 heavy (non-hydrogen) atoms. The van der Waals surface area contributed by atoms with Crippen molar-refractivity contribution in [3.63, 3.8) is 0 Å². The number of hydrogen-bond acceptors (Lipinski definition) is 4. The fourth-order valence-electron chi connectivity index (χ4n) is 3.53. The maximum atomic E-state index is 14.4. The normalized spacial score (nSPS) is 12.4. The van der Waals surface area contributed by atoms with Crippen LogP contribution in [0.25, 0.3) is 0 Å². The number of sulfonamides is 1. The number of nitrogens with one attached hydrogen (secondary N) is 1. The van der Waals surface area contributed by atoms with Gasteiger partial charge < -0.3 is 10.2 Å². The van der Waals surface area contributed by atoms with Crippen molar-refractivity contribution < 1.29 is 22.4 Å². The molecular formula is C25H34FN3O4S. The van der Waals surface area contributed by atoms with E-state index in [2.05, 4.69) is 5.32 Å². The number of amides is 2. The van der Waals surface area contributed by atoms with E-state index in [4.69, 9.17) is 0 Å². The van der Waals surface area contributed by atoms with E-state index >= 15 is 0 Å². The zero-order chi connectivity index (χ0) is 25.6. The number of aryl methyl sites for hydroxylation is 2. The molecule has 1 N–H and O–H groups in total. The molecular weight excluding hydrogens is 457 g/mol. The average Bonchev–Trinajstić information content (AvgIpc) is 2.74. The molecule has 2 amide bonds. The van der Waals surface area contributed by atoms with Crippen LogP contribution in [0.1, 0.15) is 37.5 Å². The van der Waals surface area contributed by atoms with Gasteiger partial charge in [0.1, 0.15) is 18.4 Å². The van der Waals surface area contributed by atoms with Crippen molar-refractivity contribution >= 4 is 27.5 Å². The highest BCUT2D eigenvalue weighted by Gasteiger charge is 2.31. The number of anilines is 1. The molecule has 1 atom stereocenters. The molecule has 0 aliphatic rings. The van der Waals surface area contributed by atoms with Crippen molar-refractivity contribution in [1.82, 2.24) is 10.2 Å². The second kappa shape index (κ2) is 11.5. The number of carbonyl (C=O) groups is 2. The summed E-state index contributed by atoms with van der Waals surface area (Å²) in [6, 6.07) is 10.3. The largest absolute Gasteiger partial charge is 0.354 e. The standard InChI is InChI=1S/C25H34FN3O4S/c1-17(2)14-27-25(31)20(5)28(15-21-9-7-8-10-22(21)26)24(30)16-29(34(6,32)33)23-12-11-18(3)13-19(23)4/h7-13,17,20H,14-16H2,1-6H3,(H,27,31). The van der Waals surface area contributed by atoms with Gasteiger partial charge in [-0.1, -0.05) is 49.7 Å². The van der Waals surface area contributed by atoms with Crippen LogP contribution in [-0.4, -0.2) is 50.5 Å². The van der Waals surface area contributed by atoms with E-state index in [0.29, 0.717) is 17.8 Å². The Hall–Kier alpha value is -2.94. The second-order valence-electron chi connectivity index (χ2n) is 8.99. The molecule has 2 rings (SSSR count). The van der Waals surface area contributed by atoms with Crippen molar-refractivity contribution in [3.8, 4) is 0 Å². The van der Waals surface area contributed by atoms with Crippen molar-refractivity contribution in [2.75, 3.05) is 23.7 Å². The molecule has 9 heteroatoms.